The molecule has 0 bridgehead atoms. The summed E-state index contributed by atoms with van der Waals surface area (Å²) in [6, 6.07) is 7.74. The molecule has 0 spiro atoms. The Labute approximate surface area is 130 Å². The minimum absolute atomic E-state index is 0.0117. The van der Waals surface area contributed by atoms with Gasteiger partial charge in [-0.05, 0) is 18.6 Å². The minimum Gasteiger partial charge on any atom is -0.375 e. The van der Waals surface area contributed by atoms with Crippen LogP contribution in [0.2, 0.25) is 0 Å². The van der Waals surface area contributed by atoms with Crippen molar-refractivity contribution in [2.45, 2.75) is 26.0 Å². The number of rotatable bonds is 5. The van der Waals surface area contributed by atoms with Crippen molar-refractivity contribution in [1.82, 2.24) is 13.9 Å². The summed E-state index contributed by atoms with van der Waals surface area (Å²) in [6.07, 6.45) is 2.55. The van der Waals surface area contributed by atoms with Gasteiger partial charge in [0.2, 0.25) is 10.0 Å². The molecule has 7 heteroatoms. The van der Waals surface area contributed by atoms with Crippen molar-refractivity contribution in [3.05, 3.63) is 30.6 Å². The number of ether oxygens (including phenoxy) is 1. The molecule has 1 aliphatic rings. The number of imidazole rings is 1. The molecule has 0 aliphatic carbocycles. The van der Waals surface area contributed by atoms with Crippen LogP contribution in [0.15, 0.2) is 30.6 Å². The van der Waals surface area contributed by atoms with Crippen molar-refractivity contribution in [1.29, 1.82) is 0 Å². The summed E-state index contributed by atoms with van der Waals surface area (Å²) in [6.45, 7) is 3.81. The van der Waals surface area contributed by atoms with Crippen LogP contribution in [-0.2, 0) is 21.3 Å². The molecule has 0 saturated carbocycles. The van der Waals surface area contributed by atoms with Crippen LogP contribution in [0.3, 0.4) is 0 Å². The molecule has 1 saturated heterocycles. The molecule has 2 heterocycles. The van der Waals surface area contributed by atoms with E-state index in [1.54, 1.807) is 10.6 Å². The largest absolute Gasteiger partial charge is 0.375 e. The number of morpholine rings is 1. The molecule has 0 amide bonds. The summed E-state index contributed by atoms with van der Waals surface area (Å²) in [4.78, 5) is 4.29. The number of para-hydroxylation sites is 2. The Kier molecular flexibility index (Phi) is 4.46. The van der Waals surface area contributed by atoms with Gasteiger partial charge in [0.05, 0.1) is 35.8 Å². The maximum Gasteiger partial charge on any atom is 0.216 e. The van der Waals surface area contributed by atoms with E-state index in [1.807, 2.05) is 35.8 Å². The van der Waals surface area contributed by atoms with Crippen molar-refractivity contribution in [2.75, 3.05) is 25.4 Å². The highest BCUT2D eigenvalue weighted by Gasteiger charge is 2.28. The Morgan fingerprint density at radius 1 is 1.36 bits per heavy atom. The summed E-state index contributed by atoms with van der Waals surface area (Å²) in [7, 11) is -3.27. The first-order valence-electron chi connectivity index (χ1n) is 7.59. The molecule has 2 aromatic rings. The second-order valence-electron chi connectivity index (χ2n) is 5.50. The SMILES string of the molecule is CC[C@@H]1CN(S(=O)(=O)CCn2cnc3ccccc32)CCO1. The van der Waals surface area contributed by atoms with E-state index in [4.69, 9.17) is 4.74 Å². The lowest BCUT2D eigenvalue weighted by Gasteiger charge is -2.31. The molecule has 1 aromatic heterocycles. The predicted octanol–water partition coefficient (Wildman–Crippen LogP) is 1.48. The standard InChI is InChI=1S/C15H21N3O3S/c1-2-13-11-18(7-9-21-13)22(19,20)10-8-17-12-16-14-5-3-4-6-15(14)17/h3-6,12-13H,2,7-11H2,1H3/t13-/m1/s1. The third-order valence-corrected chi connectivity index (χ3v) is 5.88. The fraction of sp³-hybridized carbons (Fsp3) is 0.533. The van der Waals surface area contributed by atoms with E-state index in [2.05, 4.69) is 4.98 Å². The smallest absolute Gasteiger partial charge is 0.216 e. The second-order valence-corrected chi connectivity index (χ2v) is 7.59. The lowest BCUT2D eigenvalue weighted by atomic mass is 10.2. The molecule has 0 unspecified atom stereocenters. The first-order chi connectivity index (χ1) is 10.6. The van der Waals surface area contributed by atoms with E-state index >= 15 is 0 Å². The Balaban J connectivity index is 1.69. The highest BCUT2D eigenvalue weighted by atomic mass is 32.2. The van der Waals surface area contributed by atoms with Gasteiger partial charge >= 0.3 is 0 Å². The van der Waals surface area contributed by atoms with Crippen molar-refractivity contribution in [3.8, 4) is 0 Å². The molecular weight excluding hydrogens is 302 g/mol. The Bertz CT molecular complexity index is 741. The van der Waals surface area contributed by atoms with E-state index < -0.39 is 10.0 Å². The van der Waals surface area contributed by atoms with Crippen LogP contribution in [-0.4, -0.2) is 53.8 Å². The zero-order valence-corrected chi connectivity index (χ0v) is 13.5. The van der Waals surface area contributed by atoms with E-state index in [0.29, 0.717) is 26.2 Å². The number of aryl methyl sites for hydroxylation is 1. The van der Waals surface area contributed by atoms with E-state index in [0.717, 1.165) is 17.5 Å². The van der Waals surface area contributed by atoms with E-state index in [9.17, 15) is 8.42 Å². The average molecular weight is 323 g/mol. The molecule has 3 rings (SSSR count). The zero-order valence-electron chi connectivity index (χ0n) is 12.7. The van der Waals surface area contributed by atoms with Gasteiger partial charge < -0.3 is 9.30 Å². The van der Waals surface area contributed by atoms with Gasteiger partial charge in [0, 0.05) is 19.6 Å². The van der Waals surface area contributed by atoms with Gasteiger partial charge in [0.15, 0.2) is 0 Å². The number of fused-ring (bicyclic) bond motifs is 1. The highest BCUT2D eigenvalue weighted by Crippen LogP contribution is 2.15. The summed E-state index contributed by atoms with van der Waals surface area (Å²) < 4.78 is 34.0. The number of benzene rings is 1. The van der Waals surface area contributed by atoms with Gasteiger partial charge in [0.1, 0.15) is 0 Å². The van der Waals surface area contributed by atoms with Crippen LogP contribution >= 0.6 is 0 Å². The first-order valence-corrected chi connectivity index (χ1v) is 9.20. The van der Waals surface area contributed by atoms with Crippen LogP contribution in [0.5, 0.6) is 0 Å². The zero-order chi connectivity index (χ0) is 15.6. The molecule has 6 nitrogen and oxygen atoms in total. The van der Waals surface area contributed by atoms with Gasteiger partial charge in [-0.25, -0.2) is 13.4 Å². The third-order valence-electron chi connectivity index (χ3n) is 4.07. The molecule has 120 valence electrons. The lowest BCUT2D eigenvalue weighted by Crippen LogP contribution is -2.46. The number of hydrogen-bond acceptors (Lipinski definition) is 4. The molecule has 0 N–H and O–H groups in total. The number of sulfonamides is 1. The summed E-state index contributed by atoms with van der Waals surface area (Å²) in [5.74, 6) is 0.0871. The van der Waals surface area contributed by atoms with Gasteiger partial charge in [-0.2, -0.15) is 4.31 Å². The third kappa shape index (κ3) is 3.16. The molecule has 1 atom stereocenters. The monoisotopic (exact) mass is 323 g/mol. The number of nitrogens with zero attached hydrogens (tertiary/aromatic N) is 3. The molecule has 0 radical (unpaired) electrons. The normalized spacial score (nSPS) is 20.5. The number of aromatic nitrogens is 2. The van der Waals surface area contributed by atoms with Crippen molar-refractivity contribution < 1.29 is 13.2 Å². The average Bonchev–Trinajstić information content (AvgIpc) is 2.96. The van der Waals surface area contributed by atoms with Crippen LogP contribution in [0, 0.1) is 0 Å². The van der Waals surface area contributed by atoms with Crippen molar-refractivity contribution in [2.24, 2.45) is 0 Å². The van der Waals surface area contributed by atoms with Gasteiger partial charge in [-0.15, -0.1) is 0 Å². The van der Waals surface area contributed by atoms with Gasteiger partial charge in [-0.3, -0.25) is 0 Å². The van der Waals surface area contributed by atoms with Crippen LogP contribution < -0.4 is 0 Å². The Hall–Kier alpha value is -1.44. The minimum atomic E-state index is -3.27. The Morgan fingerprint density at radius 2 is 2.18 bits per heavy atom. The van der Waals surface area contributed by atoms with Crippen LogP contribution in [0.4, 0.5) is 0 Å². The van der Waals surface area contributed by atoms with Crippen LogP contribution in [0.25, 0.3) is 11.0 Å². The molecular formula is C15H21N3O3S. The number of hydrogen-bond donors (Lipinski definition) is 0. The topological polar surface area (TPSA) is 64.4 Å². The first kappa shape index (κ1) is 15.5. The van der Waals surface area contributed by atoms with Crippen molar-refractivity contribution in [3.63, 3.8) is 0 Å². The summed E-state index contributed by atoms with van der Waals surface area (Å²) in [5.41, 5.74) is 1.85. The second kappa shape index (κ2) is 6.36. The summed E-state index contributed by atoms with van der Waals surface area (Å²) >= 11 is 0. The maximum absolute atomic E-state index is 12.5. The molecule has 1 fully saturated rings. The van der Waals surface area contributed by atoms with E-state index in [-0.39, 0.29) is 11.9 Å². The summed E-state index contributed by atoms with van der Waals surface area (Å²) in [5, 5.41) is 0. The van der Waals surface area contributed by atoms with Crippen molar-refractivity contribution >= 4 is 21.1 Å². The molecule has 1 aliphatic heterocycles. The lowest BCUT2D eigenvalue weighted by molar-refractivity contribution is -0.00278. The quantitative estimate of drug-likeness (QED) is 0.836. The van der Waals surface area contributed by atoms with E-state index in [1.165, 1.54) is 0 Å². The maximum atomic E-state index is 12.5. The van der Waals surface area contributed by atoms with Gasteiger partial charge in [0.25, 0.3) is 0 Å². The molecule has 1 aromatic carbocycles. The Morgan fingerprint density at radius 3 is 3.00 bits per heavy atom. The van der Waals surface area contributed by atoms with Crippen LogP contribution in [0.1, 0.15) is 13.3 Å². The predicted molar refractivity (Wildman–Crippen MR) is 85.1 cm³/mol. The molecule has 22 heavy (non-hydrogen) atoms. The highest BCUT2D eigenvalue weighted by molar-refractivity contribution is 7.89. The fourth-order valence-electron chi connectivity index (χ4n) is 2.72. The fourth-order valence-corrected chi connectivity index (χ4v) is 4.15. The van der Waals surface area contributed by atoms with Gasteiger partial charge in [-0.1, -0.05) is 19.1 Å².